The molecule has 0 aliphatic heterocycles. The minimum Gasteiger partial charge on any atom is -0.350 e. The number of carbonyl (C=O) groups is 1. The molecule has 0 fully saturated rings. The normalized spacial score (nSPS) is 10.6. The predicted octanol–water partition coefficient (Wildman–Crippen LogP) is 3.31. The van der Waals surface area contributed by atoms with Crippen molar-refractivity contribution in [1.29, 1.82) is 0 Å². The van der Waals surface area contributed by atoms with E-state index in [4.69, 9.17) is 0 Å². The second kappa shape index (κ2) is 6.85. The Bertz CT molecular complexity index is 596. The van der Waals surface area contributed by atoms with Gasteiger partial charge in [-0.2, -0.15) is 0 Å². The number of aryl methyl sites for hydroxylation is 2. The van der Waals surface area contributed by atoms with Gasteiger partial charge in [-0.15, -0.1) is 23.1 Å². The number of rotatable bonds is 5. The Hall–Kier alpha value is -1.40. The summed E-state index contributed by atoms with van der Waals surface area (Å²) in [5.41, 5.74) is 0.971. The lowest BCUT2D eigenvalue weighted by Crippen LogP contribution is -2.24. The van der Waals surface area contributed by atoms with Gasteiger partial charge in [0.05, 0.1) is 23.0 Å². The maximum absolute atomic E-state index is 12.7. The van der Waals surface area contributed by atoms with Gasteiger partial charge in [0, 0.05) is 9.77 Å². The molecule has 0 unspecified atom stereocenters. The molecule has 6 heteroatoms. The smallest absolute Gasteiger partial charge is 0.230 e. The summed E-state index contributed by atoms with van der Waals surface area (Å²) in [6, 6.07) is 6.13. The third-order valence-corrected chi connectivity index (χ3v) is 4.71. The van der Waals surface area contributed by atoms with E-state index in [1.165, 1.54) is 23.9 Å². The van der Waals surface area contributed by atoms with E-state index in [9.17, 15) is 9.18 Å². The Morgan fingerprint density at radius 1 is 1.35 bits per heavy atom. The van der Waals surface area contributed by atoms with Crippen LogP contribution in [0.4, 0.5) is 4.39 Å². The average Bonchev–Trinajstić information content (AvgIpc) is 2.74. The highest BCUT2D eigenvalue weighted by Gasteiger charge is 2.07. The summed E-state index contributed by atoms with van der Waals surface area (Å²) >= 11 is 2.99. The lowest BCUT2D eigenvalue weighted by molar-refractivity contribution is -0.118. The minimum atomic E-state index is -0.269. The van der Waals surface area contributed by atoms with E-state index in [2.05, 4.69) is 10.3 Å². The Kier molecular flexibility index (Phi) is 5.14. The van der Waals surface area contributed by atoms with E-state index < -0.39 is 0 Å². The van der Waals surface area contributed by atoms with Gasteiger partial charge in [0.1, 0.15) is 5.82 Å². The van der Waals surface area contributed by atoms with Crippen molar-refractivity contribution in [2.24, 2.45) is 0 Å². The minimum absolute atomic E-state index is 0.0372. The average molecular weight is 310 g/mol. The highest BCUT2D eigenvalue weighted by atomic mass is 32.2. The van der Waals surface area contributed by atoms with Gasteiger partial charge in [-0.05, 0) is 38.1 Å². The molecule has 1 heterocycles. The van der Waals surface area contributed by atoms with Crippen LogP contribution >= 0.6 is 23.1 Å². The van der Waals surface area contributed by atoms with Crippen LogP contribution in [0.5, 0.6) is 0 Å². The fourth-order valence-corrected chi connectivity index (χ4v) is 3.25. The van der Waals surface area contributed by atoms with Gasteiger partial charge in [0.2, 0.25) is 5.91 Å². The first-order valence-corrected chi connectivity index (χ1v) is 7.93. The first-order valence-electron chi connectivity index (χ1n) is 6.12. The molecule has 0 saturated carbocycles. The fourth-order valence-electron chi connectivity index (χ4n) is 1.65. The van der Waals surface area contributed by atoms with Crippen molar-refractivity contribution in [2.45, 2.75) is 25.3 Å². The number of amides is 1. The third kappa shape index (κ3) is 4.31. The molecular weight excluding hydrogens is 295 g/mol. The van der Waals surface area contributed by atoms with E-state index in [-0.39, 0.29) is 11.7 Å². The van der Waals surface area contributed by atoms with Crippen LogP contribution in [-0.2, 0) is 11.3 Å². The number of hydrogen-bond acceptors (Lipinski definition) is 4. The van der Waals surface area contributed by atoms with E-state index in [0.29, 0.717) is 12.3 Å². The number of aromatic nitrogens is 1. The molecule has 0 atom stereocenters. The molecule has 1 N–H and O–H groups in total. The first kappa shape index (κ1) is 15.0. The highest BCUT2D eigenvalue weighted by molar-refractivity contribution is 8.00. The molecule has 3 nitrogen and oxygen atoms in total. The van der Waals surface area contributed by atoms with Crippen LogP contribution in [0.25, 0.3) is 0 Å². The van der Waals surface area contributed by atoms with Crippen molar-refractivity contribution in [3.8, 4) is 0 Å². The summed E-state index contributed by atoms with van der Waals surface area (Å²) in [5, 5.41) is 3.88. The second-order valence-electron chi connectivity index (χ2n) is 4.26. The molecule has 0 saturated heterocycles. The molecule has 20 heavy (non-hydrogen) atoms. The summed E-state index contributed by atoms with van der Waals surface area (Å²) in [6.45, 7) is 4.41. The summed E-state index contributed by atoms with van der Waals surface area (Å²) in [7, 11) is 0. The van der Waals surface area contributed by atoms with Gasteiger partial charge < -0.3 is 5.32 Å². The summed E-state index contributed by atoms with van der Waals surface area (Å²) in [4.78, 5) is 18.0. The van der Waals surface area contributed by atoms with Gasteiger partial charge in [0.25, 0.3) is 0 Å². The highest BCUT2D eigenvalue weighted by Crippen LogP contribution is 2.19. The number of thiazole rings is 1. The van der Waals surface area contributed by atoms with Crippen molar-refractivity contribution >= 4 is 29.0 Å². The molecule has 2 aromatic rings. The molecule has 0 bridgehead atoms. The number of benzene rings is 1. The van der Waals surface area contributed by atoms with Crippen molar-refractivity contribution in [1.82, 2.24) is 10.3 Å². The predicted molar refractivity (Wildman–Crippen MR) is 80.6 cm³/mol. The maximum Gasteiger partial charge on any atom is 0.230 e. The molecule has 0 aliphatic rings. The maximum atomic E-state index is 12.7. The van der Waals surface area contributed by atoms with Gasteiger partial charge in [-0.1, -0.05) is 0 Å². The SMILES string of the molecule is Cc1nc(C)c(CNC(=O)CSc2ccc(F)cc2)s1. The van der Waals surface area contributed by atoms with Crippen molar-refractivity contribution in [3.05, 3.63) is 45.7 Å². The first-order chi connectivity index (χ1) is 9.54. The number of nitrogens with zero attached hydrogens (tertiary/aromatic N) is 1. The summed E-state index contributed by atoms with van der Waals surface area (Å²) < 4.78 is 12.7. The van der Waals surface area contributed by atoms with E-state index in [1.807, 2.05) is 13.8 Å². The van der Waals surface area contributed by atoms with Crippen LogP contribution in [0.15, 0.2) is 29.2 Å². The van der Waals surface area contributed by atoms with Crippen LogP contribution in [0.3, 0.4) is 0 Å². The standard InChI is InChI=1S/C14H15FN2OS2/c1-9-13(20-10(2)17-9)7-16-14(18)8-19-12-5-3-11(15)4-6-12/h3-6H,7-8H2,1-2H3,(H,16,18). The summed E-state index contributed by atoms with van der Waals surface area (Å²) in [5.74, 6) is 0.0160. The Balaban J connectivity index is 1.78. The number of hydrogen-bond donors (Lipinski definition) is 1. The second-order valence-corrected chi connectivity index (χ2v) is 6.60. The largest absolute Gasteiger partial charge is 0.350 e. The van der Waals surface area contributed by atoms with Crippen LogP contribution in [0.2, 0.25) is 0 Å². The quantitative estimate of drug-likeness (QED) is 0.862. The van der Waals surface area contributed by atoms with Crippen molar-refractivity contribution in [2.75, 3.05) is 5.75 Å². The molecule has 0 spiro atoms. The van der Waals surface area contributed by atoms with Gasteiger partial charge in [0.15, 0.2) is 0 Å². The Labute approximate surface area is 125 Å². The lowest BCUT2D eigenvalue weighted by Gasteiger charge is -2.04. The molecule has 106 valence electrons. The molecule has 1 aromatic heterocycles. The molecule has 2 rings (SSSR count). The number of halogens is 1. The third-order valence-electron chi connectivity index (χ3n) is 2.63. The Morgan fingerprint density at radius 2 is 2.05 bits per heavy atom. The van der Waals surface area contributed by atoms with Crippen molar-refractivity contribution in [3.63, 3.8) is 0 Å². The molecular formula is C14H15FN2OS2. The zero-order valence-corrected chi connectivity index (χ0v) is 12.9. The van der Waals surface area contributed by atoms with E-state index in [1.54, 1.807) is 23.5 Å². The fraction of sp³-hybridized carbons (Fsp3) is 0.286. The monoisotopic (exact) mass is 310 g/mol. The van der Waals surface area contributed by atoms with Crippen LogP contribution in [0, 0.1) is 19.7 Å². The summed E-state index contributed by atoms with van der Waals surface area (Å²) in [6.07, 6.45) is 0. The zero-order chi connectivity index (χ0) is 14.5. The molecule has 1 aromatic carbocycles. The molecule has 0 radical (unpaired) electrons. The molecule has 0 aliphatic carbocycles. The number of nitrogens with one attached hydrogen (secondary N) is 1. The zero-order valence-electron chi connectivity index (χ0n) is 11.3. The van der Waals surface area contributed by atoms with Crippen LogP contribution in [-0.4, -0.2) is 16.6 Å². The van der Waals surface area contributed by atoms with Crippen molar-refractivity contribution < 1.29 is 9.18 Å². The molecule has 1 amide bonds. The van der Waals surface area contributed by atoms with E-state index >= 15 is 0 Å². The number of carbonyl (C=O) groups excluding carboxylic acids is 1. The number of thioether (sulfide) groups is 1. The topological polar surface area (TPSA) is 42.0 Å². The van der Waals surface area contributed by atoms with Gasteiger partial charge >= 0.3 is 0 Å². The van der Waals surface area contributed by atoms with E-state index in [0.717, 1.165) is 20.5 Å². The van der Waals surface area contributed by atoms with Gasteiger partial charge in [-0.3, -0.25) is 4.79 Å². The Morgan fingerprint density at radius 3 is 2.65 bits per heavy atom. The van der Waals surface area contributed by atoms with Crippen LogP contribution in [0.1, 0.15) is 15.6 Å². The lowest BCUT2D eigenvalue weighted by atomic mass is 10.4. The van der Waals surface area contributed by atoms with Gasteiger partial charge in [-0.25, -0.2) is 9.37 Å². The van der Waals surface area contributed by atoms with Crippen LogP contribution < -0.4 is 5.32 Å².